The average Bonchev–Trinajstić information content (AvgIpc) is 2.65. The van der Waals surface area contributed by atoms with Crippen LogP contribution in [0.2, 0.25) is 0 Å². The van der Waals surface area contributed by atoms with Gasteiger partial charge in [0.15, 0.2) is 5.41 Å². The van der Waals surface area contributed by atoms with Crippen molar-refractivity contribution in [3.63, 3.8) is 0 Å². The van der Waals surface area contributed by atoms with Gasteiger partial charge in [0.1, 0.15) is 5.75 Å². The molecule has 0 saturated carbocycles. The van der Waals surface area contributed by atoms with E-state index >= 15 is 26.3 Å². The van der Waals surface area contributed by atoms with E-state index in [2.05, 4.69) is 0 Å². The lowest BCUT2D eigenvalue weighted by atomic mass is 9.60. The van der Waals surface area contributed by atoms with Crippen molar-refractivity contribution in [1.82, 2.24) is 0 Å². The first-order chi connectivity index (χ1) is 17.4. The molecule has 0 saturated heterocycles. The summed E-state index contributed by atoms with van der Waals surface area (Å²) in [5, 5.41) is 22.3. The van der Waals surface area contributed by atoms with Crippen molar-refractivity contribution in [2.24, 2.45) is 22.7 Å². The zero-order valence-electron chi connectivity index (χ0n) is 26.7. The SMILES string of the molecule is CCC(CC(C(O)CC(C)(C)C)C(C)(C)C)C(c1cc(C(C)(C)C)c(O)c(C(C)(C)C)c1)(C(F)(F)F)C(F)(F)F. The number of phenolic OH excluding ortho intramolecular Hbond substituents is 1. The standard InChI is InChI=1S/C32H52F6O2/c1-14-19(15-21(27(5,6)7)24(39)18-26(2,3)4)30(31(33,34)35,32(36,37)38)20-16-22(28(8,9)10)25(40)23(17-20)29(11,12)13/h16-17,19,21,24,39-40H,14-15,18H2,1-13H3. The van der Waals surface area contributed by atoms with Crippen molar-refractivity contribution in [3.05, 3.63) is 28.8 Å². The molecule has 0 fully saturated rings. The fourth-order valence-electron chi connectivity index (χ4n) is 6.01. The lowest BCUT2D eigenvalue weighted by Crippen LogP contribution is -2.59. The van der Waals surface area contributed by atoms with Crippen molar-refractivity contribution in [2.45, 2.75) is 144 Å². The van der Waals surface area contributed by atoms with Gasteiger partial charge in [-0.05, 0) is 63.0 Å². The second-order valence-electron chi connectivity index (χ2n) is 15.9. The summed E-state index contributed by atoms with van der Waals surface area (Å²) < 4.78 is 92.0. The van der Waals surface area contributed by atoms with E-state index in [0.717, 1.165) is 12.1 Å². The van der Waals surface area contributed by atoms with E-state index in [4.69, 9.17) is 0 Å². The van der Waals surface area contributed by atoms with Crippen molar-refractivity contribution < 1.29 is 36.6 Å². The highest BCUT2D eigenvalue weighted by molar-refractivity contribution is 5.52. The molecular weight excluding hydrogens is 530 g/mol. The monoisotopic (exact) mass is 582 g/mol. The predicted octanol–water partition coefficient (Wildman–Crippen LogP) is 10.2. The van der Waals surface area contributed by atoms with Crippen LogP contribution in [0.1, 0.15) is 126 Å². The largest absolute Gasteiger partial charge is 0.507 e. The molecule has 8 heteroatoms. The van der Waals surface area contributed by atoms with Crippen LogP contribution in [0.3, 0.4) is 0 Å². The number of alkyl halides is 6. The zero-order valence-corrected chi connectivity index (χ0v) is 26.7. The molecule has 0 heterocycles. The van der Waals surface area contributed by atoms with Gasteiger partial charge >= 0.3 is 12.4 Å². The van der Waals surface area contributed by atoms with E-state index < -0.39 is 70.4 Å². The van der Waals surface area contributed by atoms with Crippen LogP contribution >= 0.6 is 0 Å². The zero-order chi connectivity index (χ0) is 32.1. The molecule has 0 aliphatic heterocycles. The minimum atomic E-state index is -5.70. The summed E-state index contributed by atoms with van der Waals surface area (Å²) in [4.78, 5) is 0. The second kappa shape index (κ2) is 11.3. The number of aliphatic hydroxyl groups is 1. The molecular formula is C32H52F6O2. The van der Waals surface area contributed by atoms with Gasteiger partial charge in [-0.15, -0.1) is 0 Å². The first kappa shape index (κ1) is 36.6. The summed E-state index contributed by atoms with van der Waals surface area (Å²) in [6.07, 6.45) is -13.2. The number of hydrogen-bond acceptors (Lipinski definition) is 2. The van der Waals surface area contributed by atoms with E-state index in [1.807, 2.05) is 20.8 Å². The minimum Gasteiger partial charge on any atom is -0.507 e. The molecule has 2 nitrogen and oxygen atoms in total. The van der Waals surface area contributed by atoms with Crippen molar-refractivity contribution >= 4 is 0 Å². The Bertz CT molecular complexity index is 946. The minimum absolute atomic E-state index is 0.0304. The predicted molar refractivity (Wildman–Crippen MR) is 151 cm³/mol. The topological polar surface area (TPSA) is 40.5 Å². The molecule has 40 heavy (non-hydrogen) atoms. The Balaban J connectivity index is 4.26. The third-order valence-corrected chi connectivity index (χ3v) is 8.12. The van der Waals surface area contributed by atoms with E-state index in [1.54, 1.807) is 62.3 Å². The van der Waals surface area contributed by atoms with E-state index in [0.29, 0.717) is 0 Å². The third kappa shape index (κ3) is 7.69. The molecule has 0 aromatic heterocycles. The van der Waals surface area contributed by atoms with Gasteiger partial charge in [-0.1, -0.05) is 109 Å². The Labute approximate surface area is 238 Å². The van der Waals surface area contributed by atoms with Crippen molar-refractivity contribution in [1.29, 1.82) is 0 Å². The van der Waals surface area contributed by atoms with Gasteiger partial charge in [-0.25, -0.2) is 0 Å². The first-order valence-electron chi connectivity index (χ1n) is 14.1. The van der Waals surface area contributed by atoms with Gasteiger partial charge in [0, 0.05) is 0 Å². The van der Waals surface area contributed by atoms with Crippen LogP contribution in [0.4, 0.5) is 26.3 Å². The van der Waals surface area contributed by atoms with E-state index in [-0.39, 0.29) is 28.7 Å². The maximum atomic E-state index is 15.3. The molecule has 1 aromatic rings. The van der Waals surface area contributed by atoms with Gasteiger partial charge in [0.25, 0.3) is 0 Å². The Hall–Kier alpha value is -1.44. The molecule has 234 valence electrons. The number of halogens is 6. The van der Waals surface area contributed by atoms with Crippen LogP contribution < -0.4 is 0 Å². The lowest BCUT2D eigenvalue weighted by Gasteiger charge is -2.47. The van der Waals surface area contributed by atoms with Gasteiger partial charge < -0.3 is 10.2 Å². The van der Waals surface area contributed by atoms with Crippen LogP contribution in [0.25, 0.3) is 0 Å². The van der Waals surface area contributed by atoms with Crippen LogP contribution in [-0.4, -0.2) is 28.7 Å². The third-order valence-electron chi connectivity index (χ3n) is 8.12. The highest BCUT2D eigenvalue weighted by Crippen LogP contribution is 2.61. The maximum absolute atomic E-state index is 15.3. The molecule has 2 N–H and O–H groups in total. The summed E-state index contributed by atoms with van der Waals surface area (Å²) in [6, 6.07) is 1.82. The fourth-order valence-corrected chi connectivity index (χ4v) is 6.01. The smallest absolute Gasteiger partial charge is 0.407 e. The maximum Gasteiger partial charge on any atom is 0.407 e. The Morgan fingerprint density at radius 3 is 1.32 bits per heavy atom. The molecule has 0 bridgehead atoms. The molecule has 1 rings (SSSR count). The molecule has 0 amide bonds. The molecule has 0 spiro atoms. The van der Waals surface area contributed by atoms with Crippen molar-refractivity contribution in [2.75, 3.05) is 0 Å². The highest BCUT2D eigenvalue weighted by atomic mass is 19.4. The fraction of sp³-hybridized carbons (Fsp3) is 0.812. The Morgan fingerprint density at radius 1 is 0.700 bits per heavy atom. The molecule has 0 aliphatic rings. The number of phenols is 1. The molecule has 0 radical (unpaired) electrons. The summed E-state index contributed by atoms with van der Waals surface area (Å²) >= 11 is 0. The number of benzene rings is 1. The number of hydrogen-bond donors (Lipinski definition) is 2. The molecule has 0 aliphatic carbocycles. The Kier molecular flexibility index (Phi) is 10.4. The van der Waals surface area contributed by atoms with Crippen LogP contribution in [0.5, 0.6) is 5.75 Å². The second-order valence-corrected chi connectivity index (χ2v) is 15.9. The number of rotatable bonds is 7. The van der Waals surface area contributed by atoms with E-state index in [9.17, 15) is 10.2 Å². The van der Waals surface area contributed by atoms with E-state index in [1.165, 1.54) is 6.92 Å². The van der Waals surface area contributed by atoms with Crippen molar-refractivity contribution in [3.8, 4) is 5.75 Å². The number of aliphatic hydroxyl groups excluding tert-OH is 1. The normalized spacial score (nSPS) is 17.1. The molecule has 3 atom stereocenters. The highest BCUT2D eigenvalue weighted by Gasteiger charge is 2.74. The van der Waals surface area contributed by atoms with Crippen LogP contribution in [0.15, 0.2) is 12.1 Å². The van der Waals surface area contributed by atoms with Gasteiger partial charge in [0.2, 0.25) is 0 Å². The van der Waals surface area contributed by atoms with Gasteiger partial charge in [-0.3, -0.25) is 0 Å². The average molecular weight is 583 g/mol. The molecule has 1 aromatic carbocycles. The number of aromatic hydroxyl groups is 1. The molecule has 3 unspecified atom stereocenters. The van der Waals surface area contributed by atoms with Gasteiger partial charge in [-0.2, -0.15) is 26.3 Å². The first-order valence-corrected chi connectivity index (χ1v) is 14.1. The van der Waals surface area contributed by atoms with Crippen LogP contribution in [0, 0.1) is 22.7 Å². The quantitative estimate of drug-likeness (QED) is 0.314. The summed E-state index contributed by atoms with van der Waals surface area (Å²) in [7, 11) is 0. The summed E-state index contributed by atoms with van der Waals surface area (Å²) in [5.74, 6) is -3.04. The van der Waals surface area contributed by atoms with Gasteiger partial charge in [0.05, 0.1) is 6.10 Å². The summed E-state index contributed by atoms with van der Waals surface area (Å²) in [5.41, 5.74) is -8.06. The lowest BCUT2D eigenvalue weighted by molar-refractivity contribution is -0.322. The van der Waals surface area contributed by atoms with Crippen LogP contribution in [-0.2, 0) is 16.2 Å². The Morgan fingerprint density at radius 2 is 1.07 bits per heavy atom. The summed E-state index contributed by atoms with van der Waals surface area (Å²) in [6.45, 7) is 22.1.